The first-order valence-corrected chi connectivity index (χ1v) is 9.00. The minimum atomic E-state index is 0.398. The molecule has 0 bridgehead atoms. The number of aryl methyl sites for hydroxylation is 1. The van der Waals surface area contributed by atoms with Crippen molar-refractivity contribution >= 4 is 50.0 Å². The molecular formula is C16H15N5S2. The molecule has 3 N–H and O–H groups in total. The molecule has 4 rings (SSSR count). The predicted molar refractivity (Wildman–Crippen MR) is 97.8 cm³/mol. The number of benzene rings is 1. The molecule has 3 aromatic rings. The lowest BCUT2D eigenvalue weighted by atomic mass is 10.0. The Hall–Kier alpha value is -2.09. The van der Waals surface area contributed by atoms with E-state index in [1.165, 1.54) is 4.70 Å². The number of rotatable bonds is 3. The number of aliphatic imine (C=N–C) groups is 1. The van der Waals surface area contributed by atoms with Gasteiger partial charge in [0.2, 0.25) is 0 Å². The van der Waals surface area contributed by atoms with Crippen LogP contribution in [0.2, 0.25) is 0 Å². The van der Waals surface area contributed by atoms with Gasteiger partial charge in [-0.05, 0) is 24.6 Å². The molecule has 0 saturated heterocycles. The second-order valence-corrected chi connectivity index (χ2v) is 7.02. The maximum atomic E-state index is 5.75. The first kappa shape index (κ1) is 14.5. The summed E-state index contributed by atoms with van der Waals surface area (Å²) < 4.78 is 1.18. The van der Waals surface area contributed by atoms with Gasteiger partial charge in [-0.3, -0.25) is 4.99 Å². The van der Waals surface area contributed by atoms with Crippen molar-refractivity contribution in [1.29, 1.82) is 0 Å². The van der Waals surface area contributed by atoms with Crippen LogP contribution in [0.15, 0.2) is 34.1 Å². The molecule has 1 aliphatic rings. The Morgan fingerprint density at radius 1 is 1.30 bits per heavy atom. The van der Waals surface area contributed by atoms with Gasteiger partial charge < -0.3 is 11.1 Å². The Labute approximate surface area is 141 Å². The summed E-state index contributed by atoms with van der Waals surface area (Å²) in [6.45, 7) is 3.01. The van der Waals surface area contributed by atoms with Crippen molar-refractivity contribution in [3.8, 4) is 0 Å². The average molecular weight is 341 g/mol. The molecule has 5 nitrogen and oxygen atoms in total. The molecule has 0 unspecified atom stereocenters. The highest BCUT2D eigenvalue weighted by Crippen LogP contribution is 2.31. The number of thiazole rings is 2. The number of nitrogens with one attached hydrogen (secondary N) is 1. The predicted octanol–water partition coefficient (Wildman–Crippen LogP) is 2.89. The van der Waals surface area contributed by atoms with E-state index in [1.54, 1.807) is 22.7 Å². The fourth-order valence-corrected chi connectivity index (χ4v) is 4.10. The van der Waals surface area contributed by atoms with Gasteiger partial charge in [-0.1, -0.05) is 6.07 Å². The van der Waals surface area contributed by atoms with Crippen LogP contribution in [0.1, 0.15) is 16.3 Å². The molecule has 0 saturated carbocycles. The summed E-state index contributed by atoms with van der Waals surface area (Å²) in [5.41, 5.74) is 13.0. The topological polar surface area (TPSA) is 76.2 Å². The highest BCUT2D eigenvalue weighted by molar-refractivity contribution is 7.16. The van der Waals surface area contributed by atoms with Crippen LogP contribution in [0.4, 0.5) is 0 Å². The van der Waals surface area contributed by atoms with E-state index in [2.05, 4.69) is 43.9 Å². The van der Waals surface area contributed by atoms with Gasteiger partial charge in [-0.25, -0.2) is 9.97 Å². The molecule has 0 spiro atoms. The highest BCUT2D eigenvalue weighted by Gasteiger charge is 2.20. The molecule has 1 aliphatic heterocycles. The van der Waals surface area contributed by atoms with Crippen LogP contribution in [-0.2, 0) is 0 Å². The van der Waals surface area contributed by atoms with E-state index in [0.717, 1.165) is 38.9 Å². The minimum absolute atomic E-state index is 0.398. The maximum Gasteiger partial charge on any atom is 0.140 e. The van der Waals surface area contributed by atoms with Gasteiger partial charge in [0.05, 0.1) is 34.5 Å². The largest absolute Gasteiger partial charge is 0.340 e. The van der Waals surface area contributed by atoms with Crippen molar-refractivity contribution in [2.24, 2.45) is 10.7 Å². The van der Waals surface area contributed by atoms with E-state index in [0.29, 0.717) is 13.1 Å². The zero-order valence-electron chi connectivity index (χ0n) is 12.5. The lowest BCUT2D eigenvalue weighted by Crippen LogP contribution is -2.33. The van der Waals surface area contributed by atoms with E-state index in [1.807, 2.05) is 12.4 Å². The summed E-state index contributed by atoms with van der Waals surface area (Å²) in [4.78, 5) is 13.5. The van der Waals surface area contributed by atoms with Gasteiger partial charge >= 0.3 is 0 Å². The van der Waals surface area contributed by atoms with Crippen LogP contribution in [0.5, 0.6) is 0 Å². The summed E-state index contributed by atoms with van der Waals surface area (Å²) in [5, 5.41) is 6.40. The summed E-state index contributed by atoms with van der Waals surface area (Å²) >= 11 is 3.28. The van der Waals surface area contributed by atoms with Crippen molar-refractivity contribution in [1.82, 2.24) is 15.3 Å². The number of aromatic nitrogens is 2. The van der Waals surface area contributed by atoms with Gasteiger partial charge in [0.1, 0.15) is 10.8 Å². The van der Waals surface area contributed by atoms with Gasteiger partial charge in [0.15, 0.2) is 0 Å². The number of nitrogens with two attached hydrogens (primary N) is 1. The van der Waals surface area contributed by atoms with Gasteiger partial charge in [-0.15, -0.1) is 22.7 Å². The quantitative estimate of drug-likeness (QED) is 0.768. The maximum absolute atomic E-state index is 5.75. The van der Waals surface area contributed by atoms with E-state index >= 15 is 0 Å². The molecule has 0 atom stereocenters. The molecule has 7 heteroatoms. The van der Waals surface area contributed by atoms with E-state index in [4.69, 9.17) is 5.73 Å². The molecule has 3 heterocycles. The fourth-order valence-electron chi connectivity index (χ4n) is 2.56. The number of fused-ring (bicyclic) bond motifs is 1. The van der Waals surface area contributed by atoms with Crippen molar-refractivity contribution in [3.63, 3.8) is 0 Å². The van der Waals surface area contributed by atoms with Crippen molar-refractivity contribution in [2.75, 3.05) is 13.1 Å². The van der Waals surface area contributed by atoms with Gasteiger partial charge in [0.25, 0.3) is 0 Å². The first-order chi connectivity index (χ1) is 11.2. The second-order valence-electron chi connectivity index (χ2n) is 5.27. The Morgan fingerprint density at radius 3 is 3.00 bits per heavy atom. The smallest absolute Gasteiger partial charge is 0.140 e. The molecule has 0 amide bonds. The molecule has 0 radical (unpaired) electrons. The van der Waals surface area contributed by atoms with Crippen LogP contribution >= 0.6 is 22.7 Å². The normalized spacial score (nSPS) is 15.0. The third kappa shape index (κ3) is 2.67. The number of hydrogen-bond donors (Lipinski definition) is 2. The Kier molecular flexibility index (Phi) is 3.68. The SMILES string of the molecule is Cc1csc(C2=C(c3ccc4ncsc4c3)CN=C(CN)N2)n1. The van der Waals surface area contributed by atoms with Crippen LogP contribution in [0, 0.1) is 6.92 Å². The zero-order valence-corrected chi connectivity index (χ0v) is 14.2. The van der Waals surface area contributed by atoms with E-state index in [9.17, 15) is 0 Å². The van der Waals surface area contributed by atoms with Gasteiger partial charge in [-0.2, -0.15) is 0 Å². The minimum Gasteiger partial charge on any atom is -0.340 e. The monoisotopic (exact) mass is 341 g/mol. The molecule has 2 aromatic heterocycles. The first-order valence-electron chi connectivity index (χ1n) is 7.24. The van der Waals surface area contributed by atoms with Crippen LogP contribution in [-0.4, -0.2) is 28.9 Å². The van der Waals surface area contributed by atoms with Gasteiger partial charge in [0, 0.05) is 16.6 Å². The Bertz CT molecular complexity index is 935. The Morgan fingerprint density at radius 2 is 2.22 bits per heavy atom. The van der Waals surface area contributed by atoms with E-state index < -0.39 is 0 Å². The van der Waals surface area contributed by atoms with E-state index in [-0.39, 0.29) is 0 Å². The number of hydrogen-bond acceptors (Lipinski definition) is 7. The molecule has 116 valence electrons. The van der Waals surface area contributed by atoms with Crippen molar-refractivity contribution in [2.45, 2.75) is 6.92 Å². The van der Waals surface area contributed by atoms with Crippen LogP contribution < -0.4 is 11.1 Å². The average Bonchev–Trinajstić information content (AvgIpc) is 3.22. The standard InChI is InChI=1S/C16H15N5S2/c1-9-7-22-16(20-9)15-11(6-18-14(5-17)21-15)10-2-3-12-13(4-10)23-8-19-12/h2-4,7-8H,5-6,17H2,1H3,(H,18,21). The van der Waals surface area contributed by atoms with Crippen LogP contribution in [0.25, 0.3) is 21.5 Å². The molecule has 1 aromatic carbocycles. The molecular weight excluding hydrogens is 326 g/mol. The number of nitrogens with zero attached hydrogens (tertiary/aromatic N) is 3. The van der Waals surface area contributed by atoms with Crippen molar-refractivity contribution < 1.29 is 0 Å². The summed E-state index contributed by atoms with van der Waals surface area (Å²) in [6, 6.07) is 6.33. The summed E-state index contributed by atoms with van der Waals surface area (Å²) in [6.07, 6.45) is 0. The van der Waals surface area contributed by atoms with Crippen LogP contribution in [0.3, 0.4) is 0 Å². The molecule has 0 aliphatic carbocycles. The fraction of sp³-hybridized carbons (Fsp3) is 0.188. The number of amidine groups is 1. The third-order valence-corrected chi connectivity index (χ3v) is 5.47. The zero-order chi connectivity index (χ0) is 15.8. The second kappa shape index (κ2) is 5.84. The summed E-state index contributed by atoms with van der Waals surface area (Å²) in [7, 11) is 0. The van der Waals surface area contributed by atoms with Crippen molar-refractivity contribution in [3.05, 3.63) is 45.4 Å². The third-order valence-electron chi connectivity index (χ3n) is 3.71. The lowest BCUT2D eigenvalue weighted by Gasteiger charge is -2.20. The molecule has 0 fully saturated rings. The molecule has 23 heavy (non-hydrogen) atoms. The Balaban J connectivity index is 1.85. The highest BCUT2D eigenvalue weighted by atomic mass is 32.1. The summed E-state index contributed by atoms with van der Waals surface area (Å²) in [5.74, 6) is 0.801. The lowest BCUT2D eigenvalue weighted by molar-refractivity contribution is 1.07.